The monoisotopic (exact) mass is 461 g/mol. The Morgan fingerprint density at radius 2 is 1.88 bits per heavy atom. The Labute approximate surface area is 199 Å². The van der Waals surface area contributed by atoms with Gasteiger partial charge in [-0.25, -0.2) is 0 Å². The van der Waals surface area contributed by atoms with E-state index in [0.717, 1.165) is 54.7 Å². The fourth-order valence-corrected chi connectivity index (χ4v) is 4.87. The highest BCUT2D eigenvalue weighted by Gasteiger charge is 2.26. The number of nitrogens with one attached hydrogen (secondary N) is 1. The molecule has 5 rings (SSSR count). The van der Waals surface area contributed by atoms with E-state index in [-0.39, 0.29) is 12.0 Å². The Morgan fingerprint density at radius 3 is 2.59 bits per heavy atom. The Balaban J connectivity index is 1.30. The minimum atomic E-state index is -0.0175. The van der Waals surface area contributed by atoms with Crippen LogP contribution in [0.4, 0.5) is 5.69 Å². The highest BCUT2D eigenvalue weighted by molar-refractivity contribution is 5.97. The van der Waals surface area contributed by atoms with Crippen molar-refractivity contribution in [2.24, 2.45) is 0 Å². The fraction of sp³-hybridized carbons (Fsp3) is 0.423. The molecule has 1 atom stereocenters. The number of nitrogens with two attached hydrogens (primary N) is 1. The number of likely N-dealkylation sites (tertiary alicyclic amines) is 1. The normalized spacial score (nSPS) is 18.9. The summed E-state index contributed by atoms with van der Waals surface area (Å²) in [6.07, 6.45) is 2.71. The SMILES string of the molecule is Cc1cc(C)c(-c2nc(OC3CCOC3)n[nH]2)cc1C(=O)N1CCC(c2ccc(N)cc2)CC1. The van der Waals surface area contributed by atoms with Gasteiger partial charge in [0.05, 0.1) is 13.2 Å². The summed E-state index contributed by atoms with van der Waals surface area (Å²) >= 11 is 0. The van der Waals surface area contributed by atoms with Crippen molar-refractivity contribution in [3.63, 3.8) is 0 Å². The molecule has 1 aromatic heterocycles. The van der Waals surface area contributed by atoms with Gasteiger partial charge in [-0.1, -0.05) is 18.2 Å². The minimum absolute atomic E-state index is 0.0175. The van der Waals surface area contributed by atoms with E-state index >= 15 is 0 Å². The molecule has 2 aliphatic heterocycles. The van der Waals surface area contributed by atoms with Gasteiger partial charge in [0.1, 0.15) is 6.10 Å². The molecule has 2 saturated heterocycles. The van der Waals surface area contributed by atoms with E-state index in [9.17, 15) is 4.79 Å². The van der Waals surface area contributed by atoms with Gasteiger partial charge in [0.15, 0.2) is 5.82 Å². The number of anilines is 1. The molecular formula is C26H31N5O3. The van der Waals surface area contributed by atoms with Crippen LogP contribution in [-0.4, -0.2) is 58.4 Å². The van der Waals surface area contributed by atoms with Gasteiger partial charge in [-0.15, -0.1) is 5.10 Å². The number of amides is 1. The largest absolute Gasteiger partial charge is 0.457 e. The molecule has 0 aliphatic carbocycles. The van der Waals surface area contributed by atoms with Crippen molar-refractivity contribution in [2.75, 3.05) is 32.0 Å². The second-order valence-electron chi connectivity index (χ2n) is 9.29. The molecular weight excluding hydrogens is 430 g/mol. The maximum Gasteiger partial charge on any atom is 0.336 e. The average Bonchev–Trinajstić information content (AvgIpc) is 3.52. The van der Waals surface area contributed by atoms with Gasteiger partial charge in [-0.2, -0.15) is 4.98 Å². The molecule has 3 aromatic rings. The summed E-state index contributed by atoms with van der Waals surface area (Å²) in [5, 5.41) is 7.18. The number of rotatable bonds is 5. The third-order valence-corrected chi connectivity index (χ3v) is 6.87. The van der Waals surface area contributed by atoms with Crippen molar-refractivity contribution in [3.8, 4) is 17.4 Å². The summed E-state index contributed by atoms with van der Waals surface area (Å²) in [4.78, 5) is 19.9. The minimum Gasteiger partial charge on any atom is -0.457 e. The zero-order chi connectivity index (χ0) is 23.7. The van der Waals surface area contributed by atoms with Crippen molar-refractivity contribution in [1.29, 1.82) is 0 Å². The van der Waals surface area contributed by atoms with E-state index in [1.807, 2.05) is 43.0 Å². The van der Waals surface area contributed by atoms with Gasteiger partial charge < -0.3 is 20.1 Å². The van der Waals surface area contributed by atoms with Gasteiger partial charge in [-0.3, -0.25) is 9.89 Å². The molecule has 1 unspecified atom stereocenters. The van der Waals surface area contributed by atoms with Crippen molar-refractivity contribution in [3.05, 3.63) is 58.7 Å². The number of piperidine rings is 1. The summed E-state index contributed by atoms with van der Waals surface area (Å²) in [5.41, 5.74) is 11.5. The van der Waals surface area contributed by atoms with Gasteiger partial charge in [0.2, 0.25) is 0 Å². The number of carbonyl (C=O) groups excluding carboxylic acids is 1. The molecule has 1 amide bonds. The number of aromatic nitrogens is 3. The van der Waals surface area contributed by atoms with Crippen LogP contribution in [-0.2, 0) is 4.74 Å². The number of ether oxygens (including phenoxy) is 2. The number of aryl methyl sites for hydroxylation is 2. The first-order chi connectivity index (χ1) is 16.5. The topological polar surface area (TPSA) is 106 Å². The fourth-order valence-electron chi connectivity index (χ4n) is 4.87. The lowest BCUT2D eigenvalue weighted by molar-refractivity contribution is 0.0712. The van der Waals surface area contributed by atoms with Crippen LogP contribution >= 0.6 is 0 Å². The van der Waals surface area contributed by atoms with Crippen molar-refractivity contribution < 1.29 is 14.3 Å². The Hall–Kier alpha value is -3.39. The zero-order valence-electron chi connectivity index (χ0n) is 19.7. The highest BCUT2D eigenvalue weighted by Crippen LogP contribution is 2.31. The molecule has 8 heteroatoms. The number of H-pyrrole nitrogens is 1. The second-order valence-corrected chi connectivity index (χ2v) is 9.29. The van der Waals surface area contributed by atoms with E-state index in [0.29, 0.717) is 36.5 Å². The quantitative estimate of drug-likeness (QED) is 0.559. The van der Waals surface area contributed by atoms with Gasteiger partial charge in [-0.05, 0) is 67.5 Å². The molecule has 0 spiro atoms. The standard InChI is InChI=1S/C26H31N5O3/c1-16-13-17(2)23(14-22(16)24-28-26(30-29-24)34-21-9-12-33-15-21)25(32)31-10-7-19(8-11-31)18-3-5-20(27)6-4-18/h3-6,13-14,19,21H,7-12,15,27H2,1-2H3,(H,28,29,30). The number of benzene rings is 2. The van der Waals surface area contributed by atoms with Crippen LogP contribution in [0.3, 0.4) is 0 Å². The molecule has 8 nitrogen and oxygen atoms in total. The van der Waals surface area contributed by atoms with Crippen molar-refractivity contribution >= 4 is 11.6 Å². The third-order valence-electron chi connectivity index (χ3n) is 6.87. The maximum atomic E-state index is 13.5. The molecule has 3 N–H and O–H groups in total. The number of hydrogen-bond acceptors (Lipinski definition) is 6. The Kier molecular flexibility index (Phi) is 6.24. The van der Waals surface area contributed by atoms with E-state index in [1.54, 1.807) is 0 Å². The predicted octanol–water partition coefficient (Wildman–Crippen LogP) is 3.86. The number of nitrogen functional groups attached to an aromatic ring is 1. The molecule has 178 valence electrons. The number of nitrogens with zero attached hydrogens (tertiary/aromatic N) is 3. The van der Waals surface area contributed by atoms with Crippen LogP contribution in [0, 0.1) is 13.8 Å². The summed E-state index contributed by atoms with van der Waals surface area (Å²) < 4.78 is 11.2. The third kappa shape index (κ3) is 4.63. The zero-order valence-corrected chi connectivity index (χ0v) is 19.7. The number of aromatic amines is 1. The van der Waals surface area contributed by atoms with Crippen LogP contribution < -0.4 is 10.5 Å². The van der Waals surface area contributed by atoms with Crippen molar-refractivity contribution in [2.45, 2.75) is 45.1 Å². The Morgan fingerprint density at radius 1 is 1.12 bits per heavy atom. The van der Waals surface area contributed by atoms with Crippen LogP contribution in [0.1, 0.15) is 52.2 Å². The van der Waals surface area contributed by atoms with Crippen LogP contribution in [0.25, 0.3) is 11.4 Å². The molecule has 3 heterocycles. The van der Waals surface area contributed by atoms with E-state index in [4.69, 9.17) is 15.2 Å². The first-order valence-electron chi connectivity index (χ1n) is 11.9. The van der Waals surface area contributed by atoms with Crippen molar-refractivity contribution in [1.82, 2.24) is 20.1 Å². The maximum absolute atomic E-state index is 13.5. The van der Waals surface area contributed by atoms with E-state index in [1.165, 1.54) is 5.56 Å². The van der Waals surface area contributed by atoms with Crippen LogP contribution in [0.15, 0.2) is 36.4 Å². The average molecular weight is 462 g/mol. The number of hydrogen-bond donors (Lipinski definition) is 2. The van der Waals surface area contributed by atoms with Crippen LogP contribution in [0.2, 0.25) is 0 Å². The first kappa shape index (κ1) is 22.4. The summed E-state index contributed by atoms with van der Waals surface area (Å²) in [7, 11) is 0. The molecule has 2 aliphatic rings. The lowest BCUT2D eigenvalue weighted by Crippen LogP contribution is -2.38. The van der Waals surface area contributed by atoms with Gasteiger partial charge >= 0.3 is 6.01 Å². The second kappa shape index (κ2) is 9.46. The molecule has 2 aromatic carbocycles. The molecule has 0 saturated carbocycles. The van der Waals surface area contributed by atoms with Gasteiger partial charge in [0.25, 0.3) is 5.91 Å². The molecule has 34 heavy (non-hydrogen) atoms. The predicted molar refractivity (Wildman–Crippen MR) is 130 cm³/mol. The summed E-state index contributed by atoms with van der Waals surface area (Å²) in [5.74, 6) is 1.12. The van der Waals surface area contributed by atoms with E-state index in [2.05, 4.69) is 27.3 Å². The lowest BCUT2D eigenvalue weighted by Gasteiger charge is -2.32. The summed E-state index contributed by atoms with van der Waals surface area (Å²) in [6, 6.07) is 12.4. The number of carbonyl (C=O) groups is 1. The first-order valence-corrected chi connectivity index (χ1v) is 11.9. The smallest absolute Gasteiger partial charge is 0.336 e. The van der Waals surface area contributed by atoms with Gasteiger partial charge in [0, 0.05) is 36.3 Å². The highest BCUT2D eigenvalue weighted by atomic mass is 16.6. The molecule has 0 bridgehead atoms. The van der Waals surface area contributed by atoms with E-state index < -0.39 is 0 Å². The lowest BCUT2D eigenvalue weighted by atomic mass is 9.89. The molecule has 2 fully saturated rings. The summed E-state index contributed by atoms with van der Waals surface area (Å²) in [6.45, 7) is 6.73. The van der Waals surface area contributed by atoms with Crippen LogP contribution in [0.5, 0.6) is 6.01 Å². The molecule has 0 radical (unpaired) electrons. The Bertz CT molecular complexity index is 1160.